The summed E-state index contributed by atoms with van der Waals surface area (Å²) in [6.45, 7) is 0. The van der Waals surface area contributed by atoms with Crippen LogP contribution in [-0.4, -0.2) is 22.3 Å². The predicted octanol–water partition coefficient (Wildman–Crippen LogP) is 1.86. The lowest BCUT2D eigenvalue weighted by Crippen LogP contribution is -2.15. The molecule has 4 nitrogen and oxygen atoms in total. The summed E-state index contributed by atoms with van der Waals surface area (Å²) in [5.74, 6) is -2.27. The summed E-state index contributed by atoms with van der Waals surface area (Å²) in [5, 5.41) is 11.0. The fraction of sp³-hybridized carbons (Fsp3) is 0.111. The van der Waals surface area contributed by atoms with Gasteiger partial charge < -0.3 is 10.4 Å². The number of carboxylic acids is 1. The maximum absolute atomic E-state index is 12.8. The maximum Gasteiger partial charge on any atom is 0.337 e. The first-order valence-corrected chi connectivity index (χ1v) is 5.05. The van der Waals surface area contributed by atoms with E-state index in [0.29, 0.717) is 0 Å². The second-order valence-corrected chi connectivity index (χ2v) is 3.24. The van der Waals surface area contributed by atoms with Crippen LogP contribution in [0.2, 0.25) is 0 Å². The van der Waals surface area contributed by atoms with Crippen LogP contribution in [0.15, 0.2) is 18.2 Å². The number of hydrogen-bond acceptors (Lipinski definition) is 2. The standard InChI is InChI=1S/C9H7BrFNO3/c10-4-8(13)12-7-3-5(11)1-2-6(7)9(14)15/h1-3H,4H2,(H,12,13)(H,14,15). The SMILES string of the molecule is O=C(CBr)Nc1cc(F)ccc1C(=O)O. The topological polar surface area (TPSA) is 66.4 Å². The van der Waals surface area contributed by atoms with Gasteiger partial charge in [0.05, 0.1) is 16.6 Å². The average Bonchev–Trinajstić information content (AvgIpc) is 2.17. The maximum atomic E-state index is 12.8. The van der Waals surface area contributed by atoms with Crippen molar-refractivity contribution < 1.29 is 19.1 Å². The minimum Gasteiger partial charge on any atom is -0.478 e. The monoisotopic (exact) mass is 275 g/mol. The first kappa shape index (κ1) is 11.6. The van der Waals surface area contributed by atoms with E-state index in [9.17, 15) is 14.0 Å². The molecule has 0 unspecified atom stereocenters. The second kappa shape index (κ2) is 4.88. The minimum atomic E-state index is -1.22. The number of carbonyl (C=O) groups is 2. The Morgan fingerprint density at radius 2 is 2.13 bits per heavy atom. The Bertz CT molecular complexity index is 408. The van der Waals surface area contributed by atoms with Crippen LogP contribution in [-0.2, 0) is 4.79 Å². The molecule has 0 atom stereocenters. The van der Waals surface area contributed by atoms with E-state index >= 15 is 0 Å². The van der Waals surface area contributed by atoms with E-state index < -0.39 is 17.7 Å². The van der Waals surface area contributed by atoms with Gasteiger partial charge in [-0.1, -0.05) is 15.9 Å². The van der Waals surface area contributed by atoms with Crippen molar-refractivity contribution in [2.24, 2.45) is 0 Å². The third-order valence-corrected chi connectivity index (χ3v) is 2.12. The van der Waals surface area contributed by atoms with Crippen molar-refractivity contribution in [3.63, 3.8) is 0 Å². The number of alkyl halides is 1. The lowest BCUT2D eigenvalue weighted by Gasteiger charge is -2.06. The Hall–Kier alpha value is -1.43. The molecule has 1 rings (SSSR count). The Morgan fingerprint density at radius 3 is 2.67 bits per heavy atom. The number of aromatic carboxylic acids is 1. The third-order valence-electron chi connectivity index (χ3n) is 1.61. The normalized spacial score (nSPS) is 9.73. The molecule has 0 heterocycles. The van der Waals surface area contributed by atoms with Gasteiger partial charge in [-0.05, 0) is 18.2 Å². The smallest absolute Gasteiger partial charge is 0.337 e. The van der Waals surface area contributed by atoms with Crippen LogP contribution in [0.25, 0.3) is 0 Å². The number of anilines is 1. The molecule has 2 N–H and O–H groups in total. The molecule has 15 heavy (non-hydrogen) atoms. The van der Waals surface area contributed by atoms with Crippen LogP contribution >= 0.6 is 15.9 Å². The fourth-order valence-electron chi connectivity index (χ4n) is 0.990. The van der Waals surface area contributed by atoms with Gasteiger partial charge in [-0.25, -0.2) is 9.18 Å². The van der Waals surface area contributed by atoms with E-state index in [1.165, 1.54) is 0 Å². The highest BCUT2D eigenvalue weighted by atomic mass is 79.9. The highest BCUT2D eigenvalue weighted by molar-refractivity contribution is 9.09. The van der Waals surface area contributed by atoms with Crippen molar-refractivity contribution >= 4 is 33.5 Å². The highest BCUT2D eigenvalue weighted by Gasteiger charge is 2.12. The molecule has 1 amide bonds. The zero-order valence-corrected chi connectivity index (χ0v) is 9.04. The van der Waals surface area contributed by atoms with Gasteiger partial charge in [0.1, 0.15) is 5.82 Å². The molecule has 0 aromatic heterocycles. The molecule has 0 aliphatic rings. The molecule has 0 spiro atoms. The Labute approximate surface area is 93.2 Å². The molecule has 80 valence electrons. The number of hydrogen-bond donors (Lipinski definition) is 2. The number of carbonyl (C=O) groups excluding carboxylic acids is 1. The van der Waals surface area contributed by atoms with E-state index in [-0.39, 0.29) is 16.6 Å². The van der Waals surface area contributed by atoms with Gasteiger partial charge in [-0.2, -0.15) is 0 Å². The van der Waals surface area contributed by atoms with Crippen molar-refractivity contribution in [1.29, 1.82) is 0 Å². The molecule has 0 aliphatic carbocycles. The first-order chi connectivity index (χ1) is 7.04. The van der Waals surface area contributed by atoms with Crippen molar-refractivity contribution in [1.82, 2.24) is 0 Å². The summed E-state index contributed by atoms with van der Waals surface area (Å²) < 4.78 is 12.8. The summed E-state index contributed by atoms with van der Waals surface area (Å²) in [4.78, 5) is 21.7. The van der Waals surface area contributed by atoms with E-state index in [1.54, 1.807) is 0 Å². The van der Waals surface area contributed by atoms with Crippen molar-refractivity contribution in [2.45, 2.75) is 0 Å². The summed E-state index contributed by atoms with van der Waals surface area (Å²) >= 11 is 2.90. The summed E-state index contributed by atoms with van der Waals surface area (Å²) in [7, 11) is 0. The molecule has 0 saturated heterocycles. The highest BCUT2D eigenvalue weighted by Crippen LogP contribution is 2.17. The Morgan fingerprint density at radius 1 is 1.47 bits per heavy atom. The molecule has 0 bridgehead atoms. The van der Waals surface area contributed by atoms with Gasteiger partial charge in [0.15, 0.2) is 0 Å². The molecule has 0 aliphatic heterocycles. The summed E-state index contributed by atoms with van der Waals surface area (Å²) in [6.07, 6.45) is 0. The molecule has 0 fully saturated rings. The number of amides is 1. The first-order valence-electron chi connectivity index (χ1n) is 3.93. The average molecular weight is 276 g/mol. The molecule has 1 aromatic carbocycles. The Balaban J connectivity index is 3.07. The van der Waals surface area contributed by atoms with Crippen LogP contribution in [0.1, 0.15) is 10.4 Å². The van der Waals surface area contributed by atoms with Gasteiger partial charge in [-0.15, -0.1) is 0 Å². The minimum absolute atomic E-state index is 0.0164. The van der Waals surface area contributed by atoms with Gasteiger partial charge in [0.25, 0.3) is 0 Å². The molecule has 0 radical (unpaired) electrons. The number of rotatable bonds is 3. The van der Waals surface area contributed by atoms with Gasteiger partial charge in [0.2, 0.25) is 5.91 Å². The largest absolute Gasteiger partial charge is 0.478 e. The van der Waals surface area contributed by atoms with Crippen molar-refractivity contribution in [3.05, 3.63) is 29.6 Å². The lowest BCUT2D eigenvalue weighted by atomic mass is 10.1. The van der Waals surface area contributed by atoms with E-state index in [2.05, 4.69) is 21.2 Å². The molecular weight excluding hydrogens is 269 g/mol. The quantitative estimate of drug-likeness (QED) is 0.828. The Kier molecular flexibility index (Phi) is 3.79. The zero-order chi connectivity index (χ0) is 11.4. The van der Waals surface area contributed by atoms with Crippen LogP contribution in [0.5, 0.6) is 0 Å². The van der Waals surface area contributed by atoms with Gasteiger partial charge >= 0.3 is 5.97 Å². The zero-order valence-electron chi connectivity index (χ0n) is 7.46. The van der Waals surface area contributed by atoms with Crippen molar-refractivity contribution in [2.75, 3.05) is 10.6 Å². The number of benzene rings is 1. The molecule has 6 heteroatoms. The second-order valence-electron chi connectivity index (χ2n) is 2.68. The molecule has 1 aromatic rings. The molecular formula is C9H7BrFNO3. The fourth-order valence-corrected chi connectivity index (χ4v) is 1.13. The van der Waals surface area contributed by atoms with Crippen LogP contribution in [0.3, 0.4) is 0 Å². The lowest BCUT2D eigenvalue weighted by molar-refractivity contribution is -0.113. The van der Waals surface area contributed by atoms with Crippen molar-refractivity contribution in [3.8, 4) is 0 Å². The number of carboxylic acid groups (broad SMARTS) is 1. The van der Waals surface area contributed by atoms with Crippen LogP contribution in [0.4, 0.5) is 10.1 Å². The number of nitrogens with one attached hydrogen (secondary N) is 1. The summed E-state index contributed by atoms with van der Waals surface area (Å²) in [6, 6.07) is 3.08. The van der Waals surface area contributed by atoms with Crippen LogP contribution in [0, 0.1) is 5.82 Å². The van der Waals surface area contributed by atoms with E-state index in [4.69, 9.17) is 5.11 Å². The third kappa shape index (κ3) is 3.02. The molecule has 0 saturated carbocycles. The van der Waals surface area contributed by atoms with E-state index in [1.807, 2.05) is 0 Å². The summed E-state index contributed by atoms with van der Waals surface area (Å²) in [5.41, 5.74) is -0.197. The van der Waals surface area contributed by atoms with E-state index in [0.717, 1.165) is 18.2 Å². The number of halogens is 2. The van der Waals surface area contributed by atoms with Gasteiger partial charge in [0, 0.05) is 0 Å². The van der Waals surface area contributed by atoms with Crippen LogP contribution < -0.4 is 5.32 Å². The predicted molar refractivity (Wildman–Crippen MR) is 55.8 cm³/mol. The van der Waals surface area contributed by atoms with Gasteiger partial charge in [-0.3, -0.25) is 4.79 Å².